The number of benzene rings is 1. The average Bonchev–Trinajstić information content (AvgIpc) is 2.67. The second-order valence-electron chi connectivity index (χ2n) is 2.98. The average molecular weight is 229 g/mol. The van der Waals surface area contributed by atoms with Crippen molar-refractivity contribution in [1.82, 2.24) is 9.78 Å². The van der Waals surface area contributed by atoms with Gasteiger partial charge in [0.1, 0.15) is 5.69 Å². The van der Waals surface area contributed by atoms with Crippen LogP contribution in [0.3, 0.4) is 0 Å². The molecule has 0 aliphatic rings. The highest BCUT2D eigenvalue weighted by molar-refractivity contribution is 6.21. The number of alkyl halides is 3. The first-order valence-electron chi connectivity index (χ1n) is 4.26. The molecular weight excluding hydrogens is 222 g/mol. The maximum absolute atomic E-state index is 12.7. The van der Waals surface area contributed by atoms with Gasteiger partial charge in [-0.2, -0.15) is 13.9 Å². The fourth-order valence-electron chi connectivity index (χ4n) is 1.20. The highest BCUT2D eigenvalue weighted by Gasteiger charge is 2.30. The van der Waals surface area contributed by atoms with Gasteiger partial charge < -0.3 is 0 Å². The summed E-state index contributed by atoms with van der Waals surface area (Å²) in [6.45, 7) is 0. The van der Waals surface area contributed by atoms with Crippen LogP contribution in [0.1, 0.15) is 5.69 Å². The van der Waals surface area contributed by atoms with E-state index in [9.17, 15) is 8.78 Å². The fraction of sp³-hybridized carbons (Fsp3) is 0.100. The smallest absolute Gasteiger partial charge is 0.240 e. The first-order valence-corrected chi connectivity index (χ1v) is 4.63. The molecule has 15 heavy (non-hydrogen) atoms. The van der Waals surface area contributed by atoms with Gasteiger partial charge in [-0.1, -0.05) is 18.2 Å². The number of para-hydroxylation sites is 1. The quantitative estimate of drug-likeness (QED) is 0.722. The zero-order valence-electron chi connectivity index (χ0n) is 7.57. The Bertz CT molecular complexity index is 448. The minimum atomic E-state index is -3.42. The van der Waals surface area contributed by atoms with E-state index in [4.69, 9.17) is 11.6 Å². The van der Waals surface area contributed by atoms with Crippen molar-refractivity contribution in [2.24, 2.45) is 0 Å². The minimum Gasteiger partial charge on any atom is -0.240 e. The molecule has 0 saturated carbocycles. The van der Waals surface area contributed by atoms with Gasteiger partial charge in [-0.3, -0.25) is 0 Å². The van der Waals surface area contributed by atoms with E-state index in [0.717, 1.165) is 0 Å². The van der Waals surface area contributed by atoms with Crippen LogP contribution in [0.25, 0.3) is 5.69 Å². The summed E-state index contributed by atoms with van der Waals surface area (Å²) in [6, 6.07) is 10.2. The molecule has 0 aliphatic heterocycles. The van der Waals surface area contributed by atoms with Gasteiger partial charge in [0.2, 0.25) is 0 Å². The molecule has 2 nitrogen and oxygen atoms in total. The molecule has 0 bridgehead atoms. The summed E-state index contributed by atoms with van der Waals surface area (Å²) in [7, 11) is 0. The van der Waals surface area contributed by atoms with Gasteiger partial charge >= 0.3 is 5.38 Å². The van der Waals surface area contributed by atoms with Crippen molar-refractivity contribution >= 4 is 11.6 Å². The van der Waals surface area contributed by atoms with Gasteiger partial charge in [0.25, 0.3) is 0 Å². The largest absolute Gasteiger partial charge is 0.366 e. The van der Waals surface area contributed by atoms with Crippen LogP contribution in [0.15, 0.2) is 42.6 Å². The molecule has 0 fully saturated rings. The standard InChI is InChI=1S/C10H7ClF2N2/c11-10(12,13)9-6-7-15(14-9)8-4-2-1-3-5-8/h1-7H. The SMILES string of the molecule is FC(F)(Cl)c1ccn(-c2ccccc2)n1. The summed E-state index contributed by atoms with van der Waals surface area (Å²) >= 11 is 4.85. The van der Waals surface area contributed by atoms with E-state index in [-0.39, 0.29) is 0 Å². The molecule has 1 aromatic carbocycles. The summed E-state index contributed by atoms with van der Waals surface area (Å²) < 4.78 is 26.7. The van der Waals surface area contributed by atoms with Crippen LogP contribution >= 0.6 is 11.6 Å². The van der Waals surface area contributed by atoms with Gasteiger partial charge in [-0.05, 0) is 29.8 Å². The van der Waals surface area contributed by atoms with Crippen LogP contribution in [-0.2, 0) is 5.38 Å². The Morgan fingerprint density at radius 2 is 1.80 bits per heavy atom. The molecule has 0 N–H and O–H groups in total. The van der Waals surface area contributed by atoms with Gasteiger partial charge in [0, 0.05) is 6.20 Å². The summed E-state index contributed by atoms with van der Waals surface area (Å²) in [5.41, 5.74) is 0.262. The van der Waals surface area contributed by atoms with Gasteiger partial charge in [0.15, 0.2) is 0 Å². The summed E-state index contributed by atoms with van der Waals surface area (Å²) in [4.78, 5) is 0. The first kappa shape index (κ1) is 10.1. The molecular formula is C10H7ClF2N2. The van der Waals surface area contributed by atoms with Crippen molar-refractivity contribution in [3.63, 3.8) is 0 Å². The topological polar surface area (TPSA) is 17.8 Å². The minimum absolute atomic E-state index is 0.451. The van der Waals surface area contributed by atoms with E-state index in [2.05, 4.69) is 5.10 Å². The van der Waals surface area contributed by atoms with Gasteiger partial charge in [0.05, 0.1) is 5.69 Å². The molecule has 0 saturated heterocycles. The molecule has 0 amide bonds. The molecule has 0 atom stereocenters. The van der Waals surface area contributed by atoms with Crippen molar-refractivity contribution in [2.45, 2.75) is 5.38 Å². The van der Waals surface area contributed by atoms with E-state index in [0.29, 0.717) is 5.69 Å². The Labute approximate surface area is 90.1 Å². The molecule has 2 aromatic rings. The Morgan fingerprint density at radius 1 is 1.13 bits per heavy atom. The van der Waals surface area contributed by atoms with E-state index in [1.807, 2.05) is 6.07 Å². The summed E-state index contributed by atoms with van der Waals surface area (Å²) in [6.07, 6.45) is 1.45. The molecule has 1 aromatic heterocycles. The molecule has 78 valence electrons. The van der Waals surface area contributed by atoms with E-state index < -0.39 is 11.1 Å². The molecule has 5 heteroatoms. The Morgan fingerprint density at radius 3 is 2.33 bits per heavy atom. The number of halogens is 3. The van der Waals surface area contributed by atoms with Gasteiger partial charge in [-0.25, -0.2) is 4.68 Å². The van der Waals surface area contributed by atoms with E-state index in [1.165, 1.54) is 16.9 Å². The van der Waals surface area contributed by atoms with Crippen LogP contribution < -0.4 is 0 Å². The molecule has 0 radical (unpaired) electrons. The molecule has 0 aliphatic carbocycles. The molecule has 0 spiro atoms. The third-order valence-electron chi connectivity index (χ3n) is 1.90. The summed E-state index contributed by atoms with van der Waals surface area (Å²) in [5.74, 6) is 0. The lowest BCUT2D eigenvalue weighted by Gasteiger charge is -2.03. The normalized spacial score (nSPS) is 11.7. The monoisotopic (exact) mass is 228 g/mol. The number of hydrogen-bond acceptors (Lipinski definition) is 1. The predicted octanol–water partition coefficient (Wildman–Crippen LogP) is 3.16. The first-order chi connectivity index (χ1) is 7.07. The Balaban J connectivity index is 2.37. The van der Waals surface area contributed by atoms with Crippen LogP contribution in [0.4, 0.5) is 8.78 Å². The second-order valence-corrected chi connectivity index (χ2v) is 3.45. The zero-order chi connectivity index (χ0) is 10.9. The third-order valence-corrected chi connectivity index (χ3v) is 2.09. The Hall–Kier alpha value is -1.42. The van der Waals surface area contributed by atoms with E-state index in [1.54, 1.807) is 24.3 Å². The van der Waals surface area contributed by atoms with Crippen LogP contribution in [0, 0.1) is 0 Å². The zero-order valence-corrected chi connectivity index (χ0v) is 8.33. The molecule has 0 unspecified atom stereocenters. The van der Waals surface area contributed by atoms with E-state index >= 15 is 0 Å². The lowest BCUT2D eigenvalue weighted by atomic mass is 10.3. The van der Waals surface area contributed by atoms with Crippen molar-refractivity contribution in [1.29, 1.82) is 0 Å². The lowest BCUT2D eigenvalue weighted by molar-refractivity contribution is 0.0895. The van der Waals surface area contributed by atoms with Crippen molar-refractivity contribution in [2.75, 3.05) is 0 Å². The summed E-state index contributed by atoms with van der Waals surface area (Å²) in [5, 5.41) is 0.270. The maximum atomic E-state index is 12.7. The van der Waals surface area contributed by atoms with Crippen molar-refractivity contribution < 1.29 is 8.78 Å². The molecule has 1 heterocycles. The lowest BCUT2D eigenvalue weighted by Crippen LogP contribution is -2.05. The number of nitrogens with zero attached hydrogens (tertiary/aromatic N) is 2. The highest BCUT2D eigenvalue weighted by Crippen LogP contribution is 2.30. The predicted molar refractivity (Wildman–Crippen MR) is 53.3 cm³/mol. The maximum Gasteiger partial charge on any atom is 0.366 e. The third kappa shape index (κ3) is 2.15. The highest BCUT2D eigenvalue weighted by atomic mass is 35.5. The van der Waals surface area contributed by atoms with Crippen LogP contribution in [-0.4, -0.2) is 9.78 Å². The van der Waals surface area contributed by atoms with Crippen LogP contribution in [0.5, 0.6) is 0 Å². The second kappa shape index (κ2) is 3.62. The number of rotatable bonds is 2. The number of aromatic nitrogens is 2. The Kier molecular flexibility index (Phi) is 2.44. The van der Waals surface area contributed by atoms with Crippen molar-refractivity contribution in [3.8, 4) is 5.69 Å². The molecule has 2 rings (SSSR count). The van der Waals surface area contributed by atoms with Gasteiger partial charge in [-0.15, -0.1) is 0 Å². The fourth-order valence-corrected chi connectivity index (χ4v) is 1.30. The van der Waals surface area contributed by atoms with Crippen LogP contribution in [0.2, 0.25) is 0 Å². The van der Waals surface area contributed by atoms with Crippen molar-refractivity contribution in [3.05, 3.63) is 48.3 Å². The number of hydrogen-bond donors (Lipinski definition) is 0.